The van der Waals surface area contributed by atoms with Gasteiger partial charge in [-0.3, -0.25) is 9.59 Å². The first-order valence-corrected chi connectivity index (χ1v) is 11.9. The number of nitrogens with one attached hydrogen (secondary N) is 2. The average molecular weight is 461 g/mol. The van der Waals surface area contributed by atoms with E-state index in [9.17, 15) is 14.0 Å². The van der Waals surface area contributed by atoms with Gasteiger partial charge in [-0.15, -0.1) is 0 Å². The molecule has 1 aliphatic heterocycles. The number of rotatable bonds is 4. The minimum Gasteiger partial charge on any atom is -0.339 e. The van der Waals surface area contributed by atoms with E-state index in [1.165, 1.54) is 18.6 Å². The molecule has 1 fully saturated rings. The molecule has 2 atom stereocenters. The number of aromatic nitrogens is 2. The summed E-state index contributed by atoms with van der Waals surface area (Å²) in [4.78, 5) is 26.6. The normalized spacial score (nSPS) is 20.5. The summed E-state index contributed by atoms with van der Waals surface area (Å²) in [6, 6.07) is 12.8. The van der Waals surface area contributed by atoms with Crippen LogP contribution in [0.1, 0.15) is 76.8 Å². The Morgan fingerprint density at radius 2 is 1.82 bits per heavy atom. The van der Waals surface area contributed by atoms with Crippen LogP contribution in [0.3, 0.4) is 0 Å². The van der Waals surface area contributed by atoms with Crippen molar-refractivity contribution < 1.29 is 14.0 Å². The van der Waals surface area contributed by atoms with Crippen LogP contribution in [0.2, 0.25) is 0 Å². The van der Waals surface area contributed by atoms with Gasteiger partial charge in [0, 0.05) is 17.0 Å². The number of carbonyl (C=O) groups excluding carboxylic acids is 2. The maximum Gasteiger partial charge on any atom is 0.251 e. The zero-order chi connectivity index (χ0) is 23.8. The van der Waals surface area contributed by atoms with E-state index in [-0.39, 0.29) is 23.7 Å². The Labute approximate surface area is 198 Å². The maximum atomic E-state index is 13.8. The van der Waals surface area contributed by atoms with Crippen LogP contribution < -0.4 is 10.6 Å². The van der Waals surface area contributed by atoms with E-state index in [2.05, 4.69) is 10.6 Å². The minimum atomic E-state index is -0.853. The number of halogens is 1. The first-order valence-electron chi connectivity index (χ1n) is 11.9. The summed E-state index contributed by atoms with van der Waals surface area (Å²) in [6.45, 7) is 3.85. The second kappa shape index (κ2) is 9.05. The lowest BCUT2D eigenvalue weighted by Crippen LogP contribution is -2.50. The lowest BCUT2D eigenvalue weighted by atomic mass is 9.81. The number of hydrogen-bond donors (Lipinski definition) is 2. The lowest BCUT2D eigenvalue weighted by molar-refractivity contribution is -0.118. The van der Waals surface area contributed by atoms with Gasteiger partial charge in [0.05, 0.1) is 11.7 Å². The molecule has 0 spiro atoms. The van der Waals surface area contributed by atoms with E-state index in [1.54, 1.807) is 24.3 Å². The van der Waals surface area contributed by atoms with E-state index in [4.69, 9.17) is 5.10 Å². The molecule has 2 amide bonds. The highest BCUT2D eigenvalue weighted by molar-refractivity contribution is 6.04. The van der Waals surface area contributed by atoms with Crippen LogP contribution in [-0.2, 0) is 4.79 Å². The molecule has 176 valence electrons. The van der Waals surface area contributed by atoms with Gasteiger partial charge in [0.15, 0.2) is 0 Å². The van der Waals surface area contributed by atoms with Crippen molar-refractivity contribution in [3.05, 3.63) is 82.3 Å². The van der Waals surface area contributed by atoms with Crippen LogP contribution >= 0.6 is 0 Å². The highest BCUT2D eigenvalue weighted by Gasteiger charge is 2.42. The molecule has 2 N–H and O–H groups in total. The topological polar surface area (TPSA) is 76.0 Å². The Balaban J connectivity index is 1.57. The fraction of sp³-hybridized carbons (Fsp3) is 0.370. The molecule has 5 rings (SSSR count). The van der Waals surface area contributed by atoms with Crippen LogP contribution in [0, 0.1) is 19.7 Å². The fourth-order valence-electron chi connectivity index (χ4n) is 5.35. The zero-order valence-corrected chi connectivity index (χ0v) is 19.5. The van der Waals surface area contributed by atoms with Gasteiger partial charge < -0.3 is 10.6 Å². The molecular formula is C27H29FN4O2. The number of carbonyl (C=O) groups is 2. The second-order valence-corrected chi connectivity index (χ2v) is 9.42. The van der Waals surface area contributed by atoms with Crippen LogP contribution in [-0.4, -0.2) is 27.6 Å². The quantitative estimate of drug-likeness (QED) is 0.574. The Kier molecular flexibility index (Phi) is 5.94. The first kappa shape index (κ1) is 22.3. The SMILES string of the molecule is Cc1cccc(C(=O)N[C@H]2C(=O)Nc3c(c(C)nn3C3CCCCC3)[C@@H]2c2ccc(F)cc2)c1. The van der Waals surface area contributed by atoms with Crippen LogP contribution in [0.25, 0.3) is 0 Å². The van der Waals surface area contributed by atoms with Crippen molar-refractivity contribution in [3.8, 4) is 0 Å². The predicted molar refractivity (Wildman–Crippen MR) is 128 cm³/mol. The predicted octanol–water partition coefficient (Wildman–Crippen LogP) is 5.03. The summed E-state index contributed by atoms with van der Waals surface area (Å²) in [5.41, 5.74) is 3.91. The molecule has 3 aromatic rings. The third kappa shape index (κ3) is 4.11. The van der Waals surface area contributed by atoms with Crippen molar-refractivity contribution >= 4 is 17.6 Å². The van der Waals surface area contributed by atoms with E-state index in [0.29, 0.717) is 11.4 Å². The van der Waals surface area contributed by atoms with Gasteiger partial charge in [0.2, 0.25) is 5.91 Å². The van der Waals surface area contributed by atoms with E-state index in [0.717, 1.165) is 48.1 Å². The van der Waals surface area contributed by atoms with Gasteiger partial charge in [0.1, 0.15) is 17.7 Å². The van der Waals surface area contributed by atoms with Crippen LogP contribution in [0.15, 0.2) is 48.5 Å². The van der Waals surface area contributed by atoms with E-state index in [1.807, 2.05) is 30.7 Å². The summed E-state index contributed by atoms with van der Waals surface area (Å²) in [7, 11) is 0. The summed E-state index contributed by atoms with van der Waals surface area (Å²) < 4.78 is 15.7. The second-order valence-electron chi connectivity index (χ2n) is 9.42. The van der Waals surface area contributed by atoms with Crippen molar-refractivity contribution in [1.29, 1.82) is 0 Å². The van der Waals surface area contributed by atoms with E-state index < -0.39 is 12.0 Å². The molecular weight excluding hydrogens is 431 g/mol. The molecule has 0 saturated heterocycles. The lowest BCUT2D eigenvalue weighted by Gasteiger charge is -2.34. The van der Waals surface area contributed by atoms with Crippen molar-refractivity contribution in [3.63, 3.8) is 0 Å². The van der Waals surface area contributed by atoms with Gasteiger partial charge in [-0.05, 0) is 56.5 Å². The number of fused-ring (bicyclic) bond motifs is 1. The van der Waals surface area contributed by atoms with Gasteiger partial charge >= 0.3 is 0 Å². The third-order valence-electron chi connectivity index (χ3n) is 7.02. The smallest absolute Gasteiger partial charge is 0.251 e. The summed E-state index contributed by atoms with van der Waals surface area (Å²) in [5, 5.41) is 10.8. The van der Waals surface area contributed by atoms with Gasteiger partial charge in [-0.1, -0.05) is 49.1 Å². The third-order valence-corrected chi connectivity index (χ3v) is 7.02. The molecule has 0 unspecified atom stereocenters. The molecule has 1 saturated carbocycles. The van der Waals surface area contributed by atoms with E-state index >= 15 is 0 Å². The molecule has 6 nitrogen and oxygen atoms in total. The molecule has 0 bridgehead atoms. The summed E-state index contributed by atoms with van der Waals surface area (Å²) in [5.74, 6) is -0.740. The Bertz CT molecular complexity index is 1230. The minimum absolute atomic E-state index is 0.240. The Hall–Kier alpha value is -3.48. The molecule has 1 aliphatic carbocycles. The maximum absolute atomic E-state index is 13.8. The number of anilines is 1. The number of benzene rings is 2. The average Bonchev–Trinajstić information content (AvgIpc) is 3.16. The van der Waals surface area contributed by atoms with Crippen molar-refractivity contribution in [1.82, 2.24) is 15.1 Å². The zero-order valence-electron chi connectivity index (χ0n) is 19.5. The van der Waals surface area contributed by atoms with Crippen LogP contribution in [0.5, 0.6) is 0 Å². The van der Waals surface area contributed by atoms with Gasteiger partial charge in [0.25, 0.3) is 5.91 Å². The standard InChI is InChI=1S/C27H29FN4O2/c1-16-7-6-8-19(15-16)26(33)29-24-23(18-11-13-20(28)14-12-18)22-17(2)31-32(25(22)30-27(24)34)21-9-4-3-5-10-21/h6-8,11-15,21,23-24H,3-5,9-10H2,1-2H3,(H,29,33)(H,30,34)/t23-,24+/m0/s1. The first-order chi connectivity index (χ1) is 16.4. The largest absolute Gasteiger partial charge is 0.339 e. The number of amides is 2. The van der Waals surface area contributed by atoms with Crippen molar-refractivity contribution in [2.75, 3.05) is 5.32 Å². The molecule has 7 heteroatoms. The molecule has 2 aliphatic rings. The highest BCUT2D eigenvalue weighted by atomic mass is 19.1. The number of aryl methyl sites for hydroxylation is 2. The molecule has 34 heavy (non-hydrogen) atoms. The van der Waals surface area contributed by atoms with Crippen molar-refractivity contribution in [2.45, 2.75) is 64.0 Å². The molecule has 0 radical (unpaired) electrons. The monoisotopic (exact) mass is 460 g/mol. The van der Waals surface area contributed by atoms with Gasteiger partial charge in [-0.2, -0.15) is 5.10 Å². The Morgan fingerprint density at radius 1 is 1.09 bits per heavy atom. The number of hydrogen-bond acceptors (Lipinski definition) is 3. The highest BCUT2D eigenvalue weighted by Crippen LogP contribution is 2.42. The number of nitrogens with zero attached hydrogens (tertiary/aromatic N) is 2. The fourth-order valence-corrected chi connectivity index (χ4v) is 5.35. The summed E-state index contributed by atoms with van der Waals surface area (Å²) in [6.07, 6.45) is 5.55. The molecule has 2 heterocycles. The Morgan fingerprint density at radius 3 is 2.53 bits per heavy atom. The van der Waals surface area contributed by atoms with Crippen molar-refractivity contribution in [2.24, 2.45) is 0 Å². The molecule has 1 aromatic heterocycles. The van der Waals surface area contributed by atoms with Gasteiger partial charge in [-0.25, -0.2) is 9.07 Å². The van der Waals surface area contributed by atoms with Crippen LogP contribution in [0.4, 0.5) is 10.2 Å². The summed E-state index contributed by atoms with van der Waals surface area (Å²) >= 11 is 0. The molecule has 2 aromatic carbocycles.